The summed E-state index contributed by atoms with van der Waals surface area (Å²) >= 11 is 0. The van der Waals surface area contributed by atoms with E-state index >= 15 is 0 Å². The van der Waals surface area contributed by atoms with Crippen molar-refractivity contribution in [3.05, 3.63) is 24.3 Å². The Morgan fingerprint density at radius 3 is 2.78 bits per heavy atom. The van der Waals surface area contributed by atoms with Crippen LogP contribution in [0, 0.1) is 0 Å². The van der Waals surface area contributed by atoms with Crippen molar-refractivity contribution in [3.8, 4) is 0 Å². The highest BCUT2D eigenvalue weighted by molar-refractivity contribution is 4.94. The summed E-state index contributed by atoms with van der Waals surface area (Å²) in [7, 11) is 0. The zero-order valence-corrected chi connectivity index (χ0v) is 11.2. The van der Waals surface area contributed by atoms with Gasteiger partial charge in [-0.2, -0.15) is 0 Å². The van der Waals surface area contributed by atoms with Crippen molar-refractivity contribution in [1.29, 1.82) is 0 Å². The van der Waals surface area contributed by atoms with Crippen molar-refractivity contribution in [2.24, 2.45) is 0 Å². The Balaban J connectivity index is 1.77. The minimum atomic E-state index is 0.145. The maximum atomic E-state index is 5.39. The van der Waals surface area contributed by atoms with Crippen LogP contribution in [0.1, 0.15) is 19.5 Å². The molecule has 100 valence electrons. The molecule has 5 nitrogen and oxygen atoms in total. The lowest BCUT2D eigenvalue weighted by Gasteiger charge is -2.41. The largest absolute Gasteiger partial charge is 0.379 e. The molecule has 1 aromatic heterocycles. The van der Waals surface area contributed by atoms with E-state index in [-0.39, 0.29) is 5.54 Å². The Kier molecular flexibility index (Phi) is 4.63. The zero-order valence-electron chi connectivity index (χ0n) is 11.2. The molecule has 0 spiro atoms. The molecule has 1 aromatic rings. The summed E-state index contributed by atoms with van der Waals surface area (Å²) in [6.45, 7) is 9.94. The van der Waals surface area contributed by atoms with E-state index in [1.165, 1.54) is 0 Å². The van der Waals surface area contributed by atoms with Crippen molar-refractivity contribution in [2.45, 2.75) is 25.9 Å². The van der Waals surface area contributed by atoms with Gasteiger partial charge in [-0.05, 0) is 13.8 Å². The van der Waals surface area contributed by atoms with Gasteiger partial charge in [0.05, 0.1) is 18.9 Å². The highest BCUT2D eigenvalue weighted by Gasteiger charge is 2.27. The molecule has 2 heterocycles. The number of nitrogens with one attached hydrogen (secondary N) is 1. The number of nitrogens with zero attached hydrogens (tertiary/aromatic N) is 3. The summed E-state index contributed by atoms with van der Waals surface area (Å²) < 4.78 is 5.39. The van der Waals surface area contributed by atoms with Gasteiger partial charge in [-0.3, -0.25) is 14.9 Å². The molecule has 1 aliphatic rings. The maximum absolute atomic E-state index is 5.39. The Morgan fingerprint density at radius 2 is 2.11 bits per heavy atom. The van der Waals surface area contributed by atoms with Crippen molar-refractivity contribution < 1.29 is 4.74 Å². The van der Waals surface area contributed by atoms with Crippen molar-refractivity contribution in [1.82, 2.24) is 20.2 Å². The normalized spacial score (nSPS) is 17.9. The molecule has 0 amide bonds. The second-order valence-corrected chi connectivity index (χ2v) is 5.21. The fraction of sp³-hybridized carbons (Fsp3) is 0.692. The summed E-state index contributed by atoms with van der Waals surface area (Å²) in [5.41, 5.74) is 1.13. The van der Waals surface area contributed by atoms with Crippen LogP contribution in [0.15, 0.2) is 18.6 Å². The van der Waals surface area contributed by atoms with E-state index in [0.29, 0.717) is 0 Å². The average molecular weight is 250 g/mol. The van der Waals surface area contributed by atoms with E-state index in [1.54, 1.807) is 18.6 Å². The second kappa shape index (κ2) is 6.22. The summed E-state index contributed by atoms with van der Waals surface area (Å²) in [5.74, 6) is 0. The average Bonchev–Trinajstić information content (AvgIpc) is 2.41. The number of hydrogen-bond donors (Lipinski definition) is 1. The molecule has 0 bridgehead atoms. The number of hydrogen-bond acceptors (Lipinski definition) is 5. The molecule has 5 heteroatoms. The predicted molar refractivity (Wildman–Crippen MR) is 70.2 cm³/mol. The lowest BCUT2D eigenvalue weighted by molar-refractivity contribution is -0.00969. The molecule has 1 saturated heterocycles. The zero-order chi connectivity index (χ0) is 12.8. The first-order valence-electron chi connectivity index (χ1n) is 6.47. The monoisotopic (exact) mass is 250 g/mol. The smallest absolute Gasteiger partial charge is 0.0724 e. The van der Waals surface area contributed by atoms with Crippen LogP contribution in [0.25, 0.3) is 0 Å². The quantitative estimate of drug-likeness (QED) is 0.832. The Bertz CT molecular complexity index is 349. The summed E-state index contributed by atoms with van der Waals surface area (Å²) in [5, 5.41) is 3.45. The summed E-state index contributed by atoms with van der Waals surface area (Å²) in [6, 6.07) is 0. The third kappa shape index (κ3) is 3.73. The molecule has 1 fully saturated rings. The standard InChI is InChI=1S/C13H22N4O/c1-13(2,17-5-7-18-8-6-17)11-15-10-12-9-14-3-4-16-12/h3-4,9,15H,5-8,10-11H2,1-2H3. The van der Waals surface area contributed by atoms with E-state index in [0.717, 1.165) is 45.1 Å². The first-order chi connectivity index (χ1) is 8.68. The molecular formula is C13H22N4O. The molecule has 0 saturated carbocycles. The SMILES string of the molecule is CC(C)(CNCc1cnccn1)N1CCOCC1. The summed E-state index contributed by atoms with van der Waals surface area (Å²) in [4.78, 5) is 10.8. The van der Waals surface area contributed by atoms with Crippen LogP contribution in [0.2, 0.25) is 0 Å². The van der Waals surface area contributed by atoms with E-state index in [9.17, 15) is 0 Å². The van der Waals surface area contributed by atoms with E-state index in [2.05, 4.69) is 34.0 Å². The Labute approximate surface area is 109 Å². The van der Waals surface area contributed by atoms with Gasteiger partial charge < -0.3 is 10.1 Å². The molecule has 0 radical (unpaired) electrons. The van der Waals surface area contributed by atoms with Gasteiger partial charge in [0.25, 0.3) is 0 Å². The van der Waals surface area contributed by atoms with Gasteiger partial charge in [-0.25, -0.2) is 0 Å². The van der Waals surface area contributed by atoms with Gasteiger partial charge in [0.15, 0.2) is 0 Å². The third-order valence-electron chi connectivity index (χ3n) is 3.35. The molecule has 0 aliphatic carbocycles. The molecule has 2 rings (SSSR count). The molecule has 0 aromatic carbocycles. The van der Waals surface area contributed by atoms with Crippen LogP contribution < -0.4 is 5.32 Å². The van der Waals surface area contributed by atoms with Crippen LogP contribution in [-0.2, 0) is 11.3 Å². The van der Waals surface area contributed by atoms with E-state index < -0.39 is 0 Å². The van der Waals surface area contributed by atoms with Gasteiger partial charge in [-0.15, -0.1) is 0 Å². The lowest BCUT2D eigenvalue weighted by atomic mass is 10.0. The molecule has 1 N–H and O–H groups in total. The first kappa shape index (κ1) is 13.4. The number of morpholine rings is 1. The fourth-order valence-corrected chi connectivity index (χ4v) is 2.20. The maximum Gasteiger partial charge on any atom is 0.0724 e. The highest BCUT2D eigenvalue weighted by Crippen LogP contribution is 2.15. The second-order valence-electron chi connectivity index (χ2n) is 5.21. The predicted octanol–water partition coefficient (Wildman–Crippen LogP) is 0.677. The van der Waals surface area contributed by atoms with Crippen LogP contribution in [-0.4, -0.2) is 53.3 Å². The Hall–Kier alpha value is -1.04. The van der Waals surface area contributed by atoms with E-state index in [1.807, 2.05) is 0 Å². The van der Waals surface area contributed by atoms with Crippen LogP contribution in [0.5, 0.6) is 0 Å². The molecular weight excluding hydrogens is 228 g/mol. The van der Waals surface area contributed by atoms with Crippen molar-refractivity contribution in [2.75, 3.05) is 32.8 Å². The van der Waals surface area contributed by atoms with Crippen LogP contribution in [0.3, 0.4) is 0 Å². The number of aromatic nitrogens is 2. The van der Waals surface area contributed by atoms with Gasteiger partial charge in [0.1, 0.15) is 0 Å². The third-order valence-corrected chi connectivity index (χ3v) is 3.35. The van der Waals surface area contributed by atoms with Gasteiger partial charge in [-0.1, -0.05) is 0 Å². The van der Waals surface area contributed by atoms with Crippen LogP contribution in [0.4, 0.5) is 0 Å². The Morgan fingerprint density at radius 1 is 1.33 bits per heavy atom. The van der Waals surface area contributed by atoms with Crippen LogP contribution >= 0.6 is 0 Å². The lowest BCUT2D eigenvalue weighted by Crippen LogP contribution is -2.54. The van der Waals surface area contributed by atoms with E-state index in [4.69, 9.17) is 4.74 Å². The molecule has 0 atom stereocenters. The van der Waals surface area contributed by atoms with Gasteiger partial charge in [0, 0.05) is 50.3 Å². The minimum Gasteiger partial charge on any atom is -0.379 e. The fourth-order valence-electron chi connectivity index (χ4n) is 2.20. The van der Waals surface area contributed by atoms with Gasteiger partial charge in [0.2, 0.25) is 0 Å². The molecule has 0 unspecified atom stereocenters. The molecule has 1 aliphatic heterocycles. The number of ether oxygens (including phenoxy) is 1. The van der Waals surface area contributed by atoms with Crippen molar-refractivity contribution >= 4 is 0 Å². The highest BCUT2D eigenvalue weighted by atomic mass is 16.5. The summed E-state index contributed by atoms with van der Waals surface area (Å²) in [6.07, 6.45) is 5.22. The number of rotatable bonds is 5. The first-order valence-corrected chi connectivity index (χ1v) is 6.47. The molecule has 18 heavy (non-hydrogen) atoms. The topological polar surface area (TPSA) is 50.3 Å². The van der Waals surface area contributed by atoms with Crippen molar-refractivity contribution in [3.63, 3.8) is 0 Å². The minimum absolute atomic E-state index is 0.145. The van der Waals surface area contributed by atoms with Gasteiger partial charge >= 0.3 is 0 Å².